The van der Waals surface area contributed by atoms with Crippen molar-refractivity contribution in [1.82, 2.24) is 0 Å². The fourth-order valence-electron chi connectivity index (χ4n) is 2.20. The smallest absolute Gasteiger partial charge is 0.341 e. The van der Waals surface area contributed by atoms with Crippen LogP contribution in [0.15, 0.2) is 42.5 Å². The Balaban J connectivity index is 2.04. The van der Waals surface area contributed by atoms with Gasteiger partial charge in [-0.15, -0.1) is 0 Å². The minimum absolute atomic E-state index is 0.0834. The lowest BCUT2D eigenvalue weighted by atomic mass is 10.1. The van der Waals surface area contributed by atoms with E-state index < -0.39 is 29.2 Å². The molecular formula is C18H18FN3O6. The largest absolute Gasteiger partial charge is 0.452 e. The van der Waals surface area contributed by atoms with E-state index in [2.05, 4.69) is 10.6 Å². The predicted molar refractivity (Wildman–Crippen MR) is 98.8 cm³/mol. The van der Waals surface area contributed by atoms with Crippen LogP contribution in [0.4, 0.5) is 21.5 Å². The monoisotopic (exact) mass is 391 g/mol. The molecule has 1 amide bonds. The van der Waals surface area contributed by atoms with Crippen LogP contribution < -0.4 is 10.6 Å². The quantitative estimate of drug-likeness (QED) is 0.292. The first-order valence-electron chi connectivity index (χ1n) is 8.14. The Morgan fingerprint density at radius 2 is 1.89 bits per heavy atom. The number of esters is 1. The normalized spacial score (nSPS) is 10.2. The molecule has 0 heterocycles. The summed E-state index contributed by atoms with van der Waals surface area (Å²) in [7, 11) is 1.51. The van der Waals surface area contributed by atoms with Gasteiger partial charge < -0.3 is 20.1 Å². The van der Waals surface area contributed by atoms with Gasteiger partial charge in [0.15, 0.2) is 6.61 Å². The summed E-state index contributed by atoms with van der Waals surface area (Å²) in [6.45, 7) is 0.0988. The van der Waals surface area contributed by atoms with Gasteiger partial charge in [-0.3, -0.25) is 14.9 Å². The van der Waals surface area contributed by atoms with E-state index >= 15 is 0 Å². The summed E-state index contributed by atoms with van der Waals surface area (Å²) in [5.74, 6) is -2.00. The first-order valence-corrected chi connectivity index (χ1v) is 8.14. The molecule has 0 spiro atoms. The fraction of sp³-hybridized carbons (Fsp3) is 0.222. The minimum Gasteiger partial charge on any atom is -0.452 e. The fourth-order valence-corrected chi connectivity index (χ4v) is 2.20. The number of nitrogens with one attached hydrogen (secondary N) is 2. The number of nitro groups is 1. The second-order valence-corrected chi connectivity index (χ2v) is 5.54. The average molecular weight is 391 g/mol. The van der Waals surface area contributed by atoms with Gasteiger partial charge in [-0.25, -0.2) is 9.18 Å². The number of halogens is 1. The number of carbonyl (C=O) groups is 2. The molecule has 2 aromatic rings. The Labute approximate surface area is 159 Å². The van der Waals surface area contributed by atoms with Crippen molar-refractivity contribution in [3.63, 3.8) is 0 Å². The summed E-state index contributed by atoms with van der Waals surface area (Å²) in [6, 6.07) is 8.73. The lowest BCUT2D eigenvalue weighted by Gasteiger charge is -2.12. The van der Waals surface area contributed by atoms with E-state index in [0.717, 1.165) is 6.07 Å². The van der Waals surface area contributed by atoms with Gasteiger partial charge in [0.05, 0.1) is 17.1 Å². The van der Waals surface area contributed by atoms with Crippen molar-refractivity contribution in [2.75, 3.05) is 37.5 Å². The van der Waals surface area contributed by atoms with Crippen molar-refractivity contribution < 1.29 is 28.4 Å². The van der Waals surface area contributed by atoms with Gasteiger partial charge in [-0.2, -0.15) is 0 Å². The molecular weight excluding hydrogens is 373 g/mol. The Kier molecular flexibility index (Phi) is 7.40. The Bertz CT molecular complexity index is 857. The van der Waals surface area contributed by atoms with Crippen molar-refractivity contribution in [3.8, 4) is 0 Å². The average Bonchev–Trinajstić information content (AvgIpc) is 2.68. The summed E-state index contributed by atoms with van der Waals surface area (Å²) in [5.41, 5.74) is 0.270. The number of rotatable bonds is 9. The molecule has 148 valence electrons. The summed E-state index contributed by atoms with van der Waals surface area (Å²) in [5, 5.41) is 16.3. The number of nitro benzene ring substituents is 1. The van der Waals surface area contributed by atoms with Gasteiger partial charge in [0.2, 0.25) is 0 Å². The number of hydrogen-bond donors (Lipinski definition) is 2. The number of nitrogens with zero attached hydrogens (tertiary/aromatic N) is 1. The van der Waals surface area contributed by atoms with E-state index in [1.807, 2.05) is 0 Å². The van der Waals surface area contributed by atoms with E-state index in [-0.39, 0.29) is 11.3 Å². The maximum Gasteiger partial charge on any atom is 0.341 e. The number of hydrogen-bond acceptors (Lipinski definition) is 7. The molecule has 0 aliphatic heterocycles. The number of ether oxygens (including phenoxy) is 2. The molecule has 0 fully saturated rings. The van der Waals surface area contributed by atoms with E-state index in [0.29, 0.717) is 24.5 Å². The summed E-state index contributed by atoms with van der Waals surface area (Å²) >= 11 is 0. The van der Waals surface area contributed by atoms with E-state index in [1.165, 1.54) is 43.5 Å². The summed E-state index contributed by atoms with van der Waals surface area (Å²) in [4.78, 5) is 34.5. The molecule has 2 aromatic carbocycles. The molecule has 0 saturated carbocycles. The van der Waals surface area contributed by atoms with Gasteiger partial charge in [0.1, 0.15) is 5.82 Å². The van der Waals surface area contributed by atoms with Crippen LogP contribution >= 0.6 is 0 Å². The molecule has 9 nitrogen and oxygen atoms in total. The SMILES string of the molecule is COCCNc1ccc([N+](=O)[O-])cc1C(=O)OCC(=O)Nc1ccc(F)cc1. The highest BCUT2D eigenvalue weighted by Crippen LogP contribution is 2.23. The number of benzene rings is 2. The molecule has 0 aliphatic carbocycles. The van der Waals surface area contributed by atoms with Gasteiger partial charge in [0.25, 0.3) is 11.6 Å². The Morgan fingerprint density at radius 3 is 2.54 bits per heavy atom. The third kappa shape index (κ3) is 6.02. The highest BCUT2D eigenvalue weighted by Gasteiger charge is 2.19. The predicted octanol–water partition coefficient (Wildman–Crippen LogP) is 2.59. The zero-order valence-corrected chi connectivity index (χ0v) is 14.9. The van der Waals surface area contributed by atoms with Crippen molar-refractivity contribution in [2.24, 2.45) is 0 Å². The van der Waals surface area contributed by atoms with Crippen LogP contribution in [0.3, 0.4) is 0 Å². The molecule has 0 aliphatic rings. The van der Waals surface area contributed by atoms with Crippen molar-refractivity contribution in [3.05, 3.63) is 64.0 Å². The van der Waals surface area contributed by atoms with Crippen molar-refractivity contribution in [1.29, 1.82) is 0 Å². The van der Waals surface area contributed by atoms with Crippen molar-refractivity contribution >= 4 is 28.9 Å². The molecule has 0 radical (unpaired) electrons. The Hall–Kier alpha value is -3.53. The van der Waals surface area contributed by atoms with E-state index in [1.54, 1.807) is 0 Å². The van der Waals surface area contributed by atoms with Crippen LogP contribution in [-0.4, -0.2) is 43.7 Å². The van der Waals surface area contributed by atoms with Gasteiger partial charge in [0, 0.05) is 37.2 Å². The van der Waals surface area contributed by atoms with Gasteiger partial charge >= 0.3 is 5.97 Å². The molecule has 2 N–H and O–H groups in total. The van der Waals surface area contributed by atoms with Crippen LogP contribution in [0.25, 0.3) is 0 Å². The first kappa shape index (κ1) is 20.8. The highest BCUT2D eigenvalue weighted by atomic mass is 19.1. The lowest BCUT2D eigenvalue weighted by molar-refractivity contribution is -0.384. The molecule has 0 saturated heterocycles. The molecule has 2 rings (SSSR count). The first-order chi connectivity index (χ1) is 13.4. The third-order valence-electron chi connectivity index (χ3n) is 3.52. The van der Waals surface area contributed by atoms with Crippen LogP contribution in [0.1, 0.15) is 10.4 Å². The molecule has 10 heteroatoms. The molecule has 0 unspecified atom stereocenters. The molecule has 0 atom stereocenters. The number of carbonyl (C=O) groups excluding carboxylic acids is 2. The minimum atomic E-state index is -0.905. The van der Waals surface area contributed by atoms with Crippen LogP contribution in [0.2, 0.25) is 0 Å². The zero-order valence-electron chi connectivity index (χ0n) is 14.9. The highest BCUT2D eigenvalue weighted by molar-refractivity contribution is 5.99. The van der Waals surface area contributed by atoms with Crippen LogP contribution in [0.5, 0.6) is 0 Å². The topological polar surface area (TPSA) is 120 Å². The van der Waals surface area contributed by atoms with E-state index in [9.17, 15) is 24.1 Å². The number of non-ortho nitro benzene ring substituents is 1. The third-order valence-corrected chi connectivity index (χ3v) is 3.52. The van der Waals surface area contributed by atoms with Gasteiger partial charge in [-0.1, -0.05) is 0 Å². The molecule has 0 aromatic heterocycles. The van der Waals surface area contributed by atoms with Crippen molar-refractivity contribution in [2.45, 2.75) is 0 Å². The number of amides is 1. The van der Waals surface area contributed by atoms with Gasteiger partial charge in [-0.05, 0) is 30.3 Å². The molecule has 28 heavy (non-hydrogen) atoms. The second-order valence-electron chi connectivity index (χ2n) is 5.54. The Morgan fingerprint density at radius 1 is 1.18 bits per heavy atom. The molecule has 0 bridgehead atoms. The maximum absolute atomic E-state index is 12.9. The second kappa shape index (κ2) is 9.97. The number of methoxy groups -OCH3 is 1. The lowest BCUT2D eigenvalue weighted by Crippen LogP contribution is -2.21. The van der Waals surface area contributed by atoms with Crippen LogP contribution in [0, 0.1) is 15.9 Å². The number of anilines is 2. The summed E-state index contributed by atoms with van der Waals surface area (Å²) < 4.78 is 22.7. The summed E-state index contributed by atoms with van der Waals surface area (Å²) in [6.07, 6.45) is 0. The van der Waals surface area contributed by atoms with Crippen LogP contribution in [-0.2, 0) is 14.3 Å². The zero-order chi connectivity index (χ0) is 20.5. The maximum atomic E-state index is 12.9. The standard InChI is InChI=1S/C18H18FN3O6/c1-27-9-8-20-16-7-6-14(22(25)26)10-15(16)18(24)28-11-17(23)21-13-4-2-12(19)3-5-13/h2-7,10,20H,8-9,11H2,1H3,(H,21,23). The van der Waals surface area contributed by atoms with E-state index in [4.69, 9.17) is 9.47 Å².